The summed E-state index contributed by atoms with van der Waals surface area (Å²) < 4.78 is 3.29. The van der Waals surface area contributed by atoms with Crippen LogP contribution in [0, 0.1) is 18.8 Å². The standard InChI is InChI=1S/C24H31N7O2/c1-15-5-7-17(8-6-15)21(29-23(32)20-11-12-26-30(20)3)24(33)28-18-9-10-19(25-14-18)22-16(2)13-27-31(22)4/h9-15,17,21H,5-8H2,1-4H3,(H,28,33)(H,29,32)/t15-,17-,21-/m0/s1. The number of hydrogen-bond donors (Lipinski definition) is 2. The summed E-state index contributed by atoms with van der Waals surface area (Å²) in [5.74, 6) is 0.206. The quantitative estimate of drug-likeness (QED) is 0.601. The number of carbonyl (C=O) groups is 2. The third-order valence-corrected chi connectivity index (χ3v) is 6.55. The molecule has 3 aromatic heterocycles. The normalized spacial score (nSPS) is 19.2. The van der Waals surface area contributed by atoms with Crippen LogP contribution in [0.2, 0.25) is 0 Å². The van der Waals surface area contributed by atoms with Crippen LogP contribution < -0.4 is 10.6 Å². The number of aryl methyl sites for hydroxylation is 3. The Morgan fingerprint density at radius 1 is 1.03 bits per heavy atom. The SMILES string of the molecule is Cc1cnn(C)c1-c1ccc(NC(=O)[C@@H](NC(=O)c2ccnn2C)[C@H]2CC[C@H](C)CC2)cn1. The number of nitrogens with one attached hydrogen (secondary N) is 2. The highest BCUT2D eigenvalue weighted by Gasteiger charge is 2.33. The largest absolute Gasteiger partial charge is 0.339 e. The van der Waals surface area contributed by atoms with Gasteiger partial charge in [-0.2, -0.15) is 10.2 Å². The second-order valence-corrected chi connectivity index (χ2v) is 9.03. The summed E-state index contributed by atoms with van der Waals surface area (Å²) in [5, 5.41) is 14.2. The number of pyridine rings is 1. The first-order chi connectivity index (χ1) is 15.8. The molecule has 0 bridgehead atoms. The fourth-order valence-electron chi connectivity index (χ4n) is 4.57. The summed E-state index contributed by atoms with van der Waals surface area (Å²) in [5.41, 5.74) is 3.77. The van der Waals surface area contributed by atoms with E-state index >= 15 is 0 Å². The minimum Gasteiger partial charge on any atom is -0.339 e. The van der Waals surface area contributed by atoms with Crippen molar-refractivity contribution in [3.63, 3.8) is 0 Å². The molecule has 174 valence electrons. The van der Waals surface area contributed by atoms with E-state index in [0.29, 0.717) is 17.3 Å². The zero-order chi connectivity index (χ0) is 23.5. The van der Waals surface area contributed by atoms with Gasteiger partial charge in [-0.05, 0) is 55.4 Å². The van der Waals surface area contributed by atoms with Crippen molar-refractivity contribution in [2.75, 3.05) is 5.32 Å². The van der Waals surface area contributed by atoms with Crippen LogP contribution in [-0.2, 0) is 18.9 Å². The van der Waals surface area contributed by atoms with Gasteiger partial charge in [0.25, 0.3) is 5.91 Å². The molecule has 4 rings (SSSR count). The third kappa shape index (κ3) is 4.97. The summed E-state index contributed by atoms with van der Waals surface area (Å²) in [6.07, 6.45) is 8.93. The molecule has 3 aromatic rings. The summed E-state index contributed by atoms with van der Waals surface area (Å²) in [4.78, 5) is 30.7. The average Bonchev–Trinajstić information content (AvgIpc) is 3.38. The predicted octanol–water partition coefficient (Wildman–Crippen LogP) is 3.09. The second kappa shape index (κ2) is 9.56. The molecule has 9 nitrogen and oxygen atoms in total. The molecule has 9 heteroatoms. The number of anilines is 1. The monoisotopic (exact) mass is 449 g/mol. The van der Waals surface area contributed by atoms with Crippen molar-refractivity contribution in [2.24, 2.45) is 25.9 Å². The predicted molar refractivity (Wildman–Crippen MR) is 125 cm³/mol. The Hall–Kier alpha value is -3.49. The molecule has 2 amide bonds. The first-order valence-electron chi connectivity index (χ1n) is 11.4. The molecule has 1 atom stereocenters. The van der Waals surface area contributed by atoms with Gasteiger partial charge in [0, 0.05) is 20.3 Å². The molecule has 0 saturated heterocycles. The van der Waals surface area contributed by atoms with E-state index in [1.807, 2.05) is 26.1 Å². The molecule has 0 aliphatic heterocycles. The molecule has 0 unspecified atom stereocenters. The number of aromatic nitrogens is 5. The Balaban J connectivity index is 1.51. The molecule has 1 aliphatic rings. The lowest BCUT2D eigenvalue weighted by atomic mass is 9.79. The van der Waals surface area contributed by atoms with Crippen molar-refractivity contribution < 1.29 is 9.59 Å². The summed E-state index contributed by atoms with van der Waals surface area (Å²) in [7, 11) is 3.59. The lowest BCUT2D eigenvalue weighted by molar-refractivity contribution is -0.119. The van der Waals surface area contributed by atoms with Crippen LogP contribution in [0.1, 0.15) is 48.7 Å². The van der Waals surface area contributed by atoms with Crippen LogP contribution >= 0.6 is 0 Å². The van der Waals surface area contributed by atoms with Crippen LogP contribution in [0.3, 0.4) is 0 Å². The van der Waals surface area contributed by atoms with Gasteiger partial charge >= 0.3 is 0 Å². The summed E-state index contributed by atoms with van der Waals surface area (Å²) >= 11 is 0. The van der Waals surface area contributed by atoms with Crippen molar-refractivity contribution in [2.45, 2.75) is 45.6 Å². The Bertz CT molecular complexity index is 1100. The molecular weight excluding hydrogens is 418 g/mol. The number of amides is 2. The van der Waals surface area contributed by atoms with Crippen molar-refractivity contribution in [3.05, 3.63) is 48.0 Å². The van der Waals surface area contributed by atoms with Gasteiger partial charge in [0.05, 0.1) is 29.5 Å². The topological polar surface area (TPSA) is 107 Å². The zero-order valence-corrected chi connectivity index (χ0v) is 19.6. The van der Waals surface area contributed by atoms with Gasteiger partial charge in [0.2, 0.25) is 5.91 Å². The van der Waals surface area contributed by atoms with E-state index < -0.39 is 6.04 Å². The van der Waals surface area contributed by atoms with Gasteiger partial charge < -0.3 is 10.6 Å². The van der Waals surface area contributed by atoms with Crippen molar-refractivity contribution in [3.8, 4) is 11.4 Å². The number of rotatable bonds is 6. The van der Waals surface area contributed by atoms with E-state index in [9.17, 15) is 9.59 Å². The van der Waals surface area contributed by atoms with E-state index in [0.717, 1.165) is 42.6 Å². The van der Waals surface area contributed by atoms with Crippen molar-refractivity contribution >= 4 is 17.5 Å². The number of hydrogen-bond acceptors (Lipinski definition) is 5. The molecule has 1 fully saturated rings. The van der Waals surface area contributed by atoms with Crippen LogP contribution in [0.4, 0.5) is 5.69 Å². The van der Waals surface area contributed by atoms with E-state index in [2.05, 4.69) is 32.7 Å². The number of nitrogens with zero attached hydrogens (tertiary/aromatic N) is 5. The molecule has 0 aromatic carbocycles. The maximum Gasteiger partial charge on any atom is 0.270 e. The molecule has 33 heavy (non-hydrogen) atoms. The zero-order valence-electron chi connectivity index (χ0n) is 19.6. The maximum atomic E-state index is 13.3. The highest BCUT2D eigenvalue weighted by molar-refractivity contribution is 6.00. The van der Waals surface area contributed by atoms with Gasteiger partial charge in [0.15, 0.2) is 0 Å². The Labute approximate surface area is 193 Å². The van der Waals surface area contributed by atoms with Crippen LogP contribution in [-0.4, -0.2) is 42.4 Å². The molecule has 1 aliphatic carbocycles. The summed E-state index contributed by atoms with van der Waals surface area (Å²) in [6, 6.07) is 4.72. The second-order valence-electron chi connectivity index (χ2n) is 9.03. The van der Waals surface area contributed by atoms with Crippen molar-refractivity contribution in [1.29, 1.82) is 0 Å². The molecule has 1 saturated carbocycles. The highest BCUT2D eigenvalue weighted by Crippen LogP contribution is 2.31. The third-order valence-electron chi connectivity index (χ3n) is 6.55. The van der Waals surface area contributed by atoms with Crippen LogP contribution in [0.25, 0.3) is 11.4 Å². The van der Waals surface area contributed by atoms with Crippen molar-refractivity contribution in [1.82, 2.24) is 29.9 Å². The number of carbonyl (C=O) groups excluding carboxylic acids is 2. The molecule has 2 N–H and O–H groups in total. The Morgan fingerprint density at radius 2 is 1.79 bits per heavy atom. The maximum absolute atomic E-state index is 13.3. The van der Waals surface area contributed by atoms with E-state index in [4.69, 9.17) is 0 Å². The van der Waals surface area contributed by atoms with Crippen LogP contribution in [0.15, 0.2) is 36.8 Å². The van der Waals surface area contributed by atoms with E-state index in [-0.39, 0.29) is 17.7 Å². The van der Waals surface area contributed by atoms with Gasteiger partial charge in [0.1, 0.15) is 11.7 Å². The Morgan fingerprint density at radius 3 is 2.36 bits per heavy atom. The fraction of sp³-hybridized carbons (Fsp3) is 0.458. The van der Waals surface area contributed by atoms with Gasteiger partial charge in [-0.25, -0.2) is 0 Å². The first kappa shape index (κ1) is 22.7. The van der Waals surface area contributed by atoms with E-state index in [1.165, 1.54) is 4.68 Å². The minimum absolute atomic E-state index is 0.0858. The molecular formula is C24H31N7O2. The van der Waals surface area contributed by atoms with Crippen LogP contribution in [0.5, 0.6) is 0 Å². The smallest absolute Gasteiger partial charge is 0.270 e. The molecule has 0 spiro atoms. The molecule has 3 heterocycles. The lowest BCUT2D eigenvalue weighted by Gasteiger charge is -2.32. The van der Waals surface area contributed by atoms with Gasteiger partial charge in [-0.3, -0.25) is 23.9 Å². The van der Waals surface area contributed by atoms with E-state index in [1.54, 1.807) is 36.4 Å². The fourth-order valence-corrected chi connectivity index (χ4v) is 4.57. The van der Waals surface area contributed by atoms with Gasteiger partial charge in [-0.1, -0.05) is 19.8 Å². The minimum atomic E-state index is -0.626. The molecule has 0 radical (unpaired) electrons. The van der Waals surface area contributed by atoms with Gasteiger partial charge in [-0.15, -0.1) is 0 Å². The lowest BCUT2D eigenvalue weighted by Crippen LogP contribution is -2.49. The first-order valence-corrected chi connectivity index (χ1v) is 11.4. The highest BCUT2D eigenvalue weighted by atomic mass is 16.2. The average molecular weight is 450 g/mol. The Kier molecular flexibility index (Phi) is 6.57. The summed E-state index contributed by atoms with van der Waals surface area (Å²) in [6.45, 7) is 4.22.